The number of alkyl halides is 3. The predicted molar refractivity (Wildman–Crippen MR) is 118 cm³/mol. The maximum Gasteiger partial charge on any atom is 0.437 e. The molecule has 178 valence electrons. The molecule has 4 rings (SSSR count). The lowest BCUT2D eigenvalue weighted by Crippen LogP contribution is -2.17. The zero-order valence-electron chi connectivity index (χ0n) is 18.4. The summed E-state index contributed by atoms with van der Waals surface area (Å²) >= 11 is 0. The minimum absolute atomic E-state index is 0.0280. The average molecular weight is 483 g/mol. The summed E-state index contributed by atoms with van der Waals surface area (Å²) in [5.74, 6) is -1.46. The average Bonchev–Trinajstić information content (AvgIpc) is 3.14. The number of fused-ring (bicyclic) bond motifs is 1. The number of para-hydroxylation sites is 1. The van der Waals surface area contributed by atoms with Crippen LogP contribution in [-0.4, -0.2) is 27.8 Å². The second-order valence-electron chi connectivity index (χ2n) is 7.57. The number of anilines is 1. The van der Waals surface area contributed by atoms with Crippen molar-refractivity contribution in [1.82, 2.24) is 14.8 Å². The highest BCUT2D eigenvalue weighted by molar-refractivity contribution is 6.13. The van der Waals surface area contributed by atoms with Crippen molar-refractivity contribution in [2.45, 2.75) is 19.6 Å². The van der Waals surface area contributed by atoms with E-state index in [-0.39, 0.29) is 34.8 Å². The number of amides is 1. The van der Waals surface area contributed by atoms with E-state index in [0.29, 0.717) is 10.9 Å². The molecule has 2 heterocycles. The van der Waals surface area contributed by atoms with Gasteiger partial charge >= 0.3 is 6.18 Å². The number of pyridine rings is 1. The molecule has 0 radical (unpaired) electrons. The summed E-state index contributed by atoms with van der Waals surface area (Å²) < 4.78 is 61.9. The first kappa shape index (κ1) is 23.7. The number of rotatable bonds is 5. The maximum absolute atomic E-state index is 14.3. The molecule has 4 aromatic rings. The molecule has 0 fully saturated rings. The summed E-state index contributed by atoms with van der Waals surface area (Å²) in [5, 5.41) is 15.2. The number of nitrogens with zero attached hydrogens (tertiary/aromatic N) is 4. The van der Waals surface area contributed by atoms with Gasteiger partial charge in [-0.15, -0.1) is 0 Å². The third-order valence-corrected chi connectivity index (χ3v) is 5.36. The number of carbonyl (C=O) groups is 1. The number of hydrogen-bond acceptors (Lipinski definition) is 5. The fourth-order valence-corrected chi connectivity index (χ4v) is 3.58. The van der Waals surface area contributed by atoms with Crippen molar-refractivity contribution < 1.29 is 27.1 Å². The first-order valence-corrected chi connectivity index (χ1v) is 10.2. The van der Waals surface area contributed by atoms with Gasteiger partial charge in [-0.1, -0.05) is 24.3 Å². The lowest BCUT2D eigenvalue weighted by atomic mass is 10.1. The minimum Gasteiger partial charge on any atom is -0.481 e. The third kappa shape index (κ3) is 4.63. The first-order chi connectivity index (χ1) is 16.6. The van der Waals surface area contributed by atoms with Crippen LogP contribution in [0.3, 0.4) is 0 Å². The van der Waals surface area contributed by atoms with E-state index in [0.717, 1.165) is 10.7 Å². The van der Waals surface area contributed by atoms with Crippen LogP contribution < -0.4 is 10.1 Å². The SMILES string of the molecule is COc1cc(C(=O)Nc2c(C(F)(F)F)nn(Cc3ccc(C#N)cc3F)c2C)c2ccccc2n1. The van der Waals surface area contributed by atoms with E-state index >= 15 is 0 Å². The Labute approximate surface area is 196 Å². The smallest absolute Gasteiger partial charge is 0.437 e. The van der Waals surface area contributed by atoms with Crippen LogP contribution >= 0.6 is 0 Å². The topological polar surface area (TPSA) is 92.8 Å². The summed E-state index contributed by atoms with van der Waals surface area (Å²) in [6.45, 7) is 0.999. The fourth-order valence-electron chi connectivity index (χ4n) is 3.58. The molecule has 1 N–H and O–H groups in total. The standard InChI is InChI=1S/C24H17F4N5O2/c1-13-21(31-23(34)17-10-20(35-2)30-19-6-4-3-5-16(17)19)22(24(26,27)28)32-33(13)12-15-8-7-14(11-29)9-18(15)25/h3-10H,12H2,1-2H3,(H,31,34). The molecule has 0 unspecified atom stereocenters. The van der Waals surface area contributed by atoms with Crippen LogP contribution in [0.5, 0.6) is 5.88 Å². The van der Waals surface area contributed by atoms with Gasteiger partial charge in [0.1, 0.15) is 5.82 Å². The van der Waals surface area contributed by atoms with Gasteiger partial charge in [0, 0.05) is 17.0 Å². The predicted octanol–water partition coefficient (Wildman–Crippen LogP) is 5.08. The van der Waals surface area contributed by atoms with Crippen LogP contribution in [0.15, 0.2) is 48.5 Å². The van der Waals surface area contributed by atoms with Crippen LogP contribution in [0.2, 0.25) is 0 Å². The van der Waals surface area contributed by atoms with E-state index in [1.165, 1.54) is 32.2 Å². The molecule has 7 nitrogen and oxygen atoms in total. The van der Waals surface area contributed by atoms with Gasteiger partial charge in [-0.05, 0) is 25.1 Å². The number of aromatic nitrogens is 3. The Morgan fingerprint density at radius 2 is 1.94 bits per heavy atom. The monoisotopic (exact) mass is 483 g/mol. The Hall–Kier alpha value is -4.46. The molecule has 1 amide bonds. The Morgan fingerprint density at radius 1 is 1.20 bits per heavy atom. The second-order valence-corrected chi connectivity index (χ2v) is 7.57. The van der Waals surface area contributed by atoms with Gasteiger partial charge < -0.3 is 10.1 Å². The number of nitrogens with one attached hydrogen (secondary N) is 1. The molecular weight excluding hydrogens is 466 g/mol. The minimum atomic E-state index is -4.89. The van der Waals surface area contributed by atoms with Crippen molar-refractivity contribution in [1.29, 1.82) is 5.26 Å². The van der Waals surface area contributed by atoms with Crippen LogP contribution in [0.1, 0.15) is 32.9 Å². The third-order valence-electron chi connectivity index (χ3n) is 5.36. The number of halogens is 4. The molecule has 35 heavy (non-hydrogen) atoms. The molecule has 0 saturated heterocycles. The second kappa shape index (κ2) is 9.06. The van der Waals surface area contributed by atoms with Gasteiger partial charge in [0.05, 0.1) is 47.7 Å². The molecule has 0 aliphatic carbocycles. The molecule has 0 saturated carbocycles. The Kier molecular flexibility index (Phi) is 6.13. The Bertz CT molecular complexity index is 1490. The molecule has 11 heteroatoms. The van der Waals surface area contributed by atoms with E-state index in [2.05, 4.69) is 15.4 Å². The number of carbonyl (C=O) groups excluding carboxylic acids is 1. The zero-order valence-corrected chi connectivity index (χ0v) is 18.4. The summed E-state index contributed by atoms with van der Waals surface area (Å²) in [6, 6.07) is 13.4. The quantitative estimate of drug-likeness (QED) is 0.400. The maximum atomic E-state index is 14.3. The summed E-state index contributed by atoms with van der Waals surface area (Å²) in [7, 11) is 1.36. The van der Waals surface area contributed by atoms with Gasteiger partial charge in [0.15, 0.2) is 5.69 Å². The number of methoxy groups -OCH3 is 1. The van der Waals surface area contributed by atoms with Crippen molar-refractivity contribution >= 4 is 22.5 Å². The highest BCUT2D eigenvalue weighted by Gasteiger charge is 2.39. The van der Waals surface area contributed by atoms with Crippen LogP contribution in [0.4, 0.5) is 23.2 Å². The normalized spacial score (nSPS) is 11.3. The van der Waals surface area contributed by atoms with Crippen molar-refractivity contribution in [2.24, 2.45) is 0 Å². The van der Waals surface area contributed by atoms with Crippen molar-refractivity contribution in [3.8, 4) is 11.9 Å². The Morgan fingerprint density at radius 3 is 2.60 bits per heavy atom. The van der Waals surface area contributed by atoms with E-state index in [1.54, 1.807) is 30.3 Å². The van der Waals surface area contributed by atoms with Crippen molar-refractivity contribution in [2.75, 3.05) is 12.4 Å². The van der Waals surface area contributed by atoms with Gasteiger partial charge in [-0.25, -0.2) is 9.37 Å². The molecule has 0 atom stereocenters. The molecule has 0 spiro atoms. The number of nitriles is 1. The van der Waals surface area contributed by atoms with E-state index < -0.39 is 29.3 Å². The van der Waals surface area contributed by atoms with E-state index in [1.807, 2.05) is 0 Å². The molecule has 0 aliphatic heterocycles. The first-order valence-electron chi connectivity index (χ1n) is 10.2. The molecule has 2 aromatic carbocycles. The number of ether oxygens (including phenoxy) is 1. The van der Waals surface area contributed by atoms with E-state index in [9.17, 15) is 22.4 Å². The van der Waals surface area contributed by atoms with Gasteiger partial charge in [0.2, 0.25) is 5.88 Å². The highest BCUT2D eigenvalue weighted by atomic mass is 19.4. The van der Waals surface area contributed by atoms with Crippen LogP contribution in [0, 0.1) is 24.1 Å². The van der Waals surface area contributed by atoms with Crippen molar-refractivity contribution in [3.63, 3.8) is 0 Å². The Balaban J connectivity index is 1.75. The van der Waals surface area contributed by atoms with Gasteiger partial charge in [-0.2, -0.15) is 23.5 Å². The lowest BCUT2D eigenvalue weighted by Gasteiger charge is -2.12. The lowest BCUT2D eigenvalue weighted by molar-refractivity contribution is -0.140. The molecular formula is C24H17F4N5O2. The highest BCUT2D eigenvalue weighted by Crippen LogP contribution is 2.36. The molecule has 0 bridgehead atoms. The largest absolute Gasteiger partial charge is 0.481 e. The van der Waals surface area contributed by atoms with Crippen molar-refractivity contribution in [3.05, 3.63) is 82.4 Å². The van der Waals surface area contributed by atoms with Crippen LogP contribution in [0.25, 0.3) is 10.9 Å². The summed E-state index contributed by atoms with van der Waals surface area (Å²) in [6.07, 6.45) is -4.89. The molecule has 0 aliphatic rings. The summed E-state index contributed by atoms with van der Waals surface area (Å²) in [5.41, 5.74) is -1.29. The number of benzene rings is 2. The van der Waals surface area contributed by atoms with Gasteiger partial charge in [0.25, 0.3) is 5.91 Å². The zero-order chi connectivity index (χ0) is 25.3. The molecule has 2 aromatic heterocycles. The van der Waals surface area contributed by atoms with Crippen LogP contribution in [-0.2, 0) is 12.7 Å². The van der Waals surface area contributed by atoms with Gasteiger partial charge in [-0.3, -0.25) is 9.48 Å². The summed E-state index contributed by atoms with van der Waals surface area (Å²) in [4.78, 5) is 17.4. The number of hydrogen-bond donors (Lipinski definition) is 1. The fraction of sp³-hybridized carbons (Fsp3) is 0.167. The van der Waals surface area contributed by atoms with E-state index in [4.69, 9.17) is 10.00 Å².